The fourth-order valence-corrected chi connectivity index (χ4v) is 4.61. The molecule has 0 unspecified atom stereocenters. The molecule has 3 aromatic rings. The van der Waals surface area contributed by atoms with Gasteiger partial charge in [0.1, 0.15) is 5.01 Å². The van der Waals surface area contributed by atoms with Crippen molar-refractivity contribution in [3.05, 3.63) is 71.0 Å². The summed E-state index contributed by atoms with van der Waals surface area (Å²) in [5.74, 6) is 0.182. The van der Waals surface area contributed by atoms with E-state index in [9.17, 15) is 4.79 Å². The Bertz CT molecular complexity index is 942. The van der Waals surface area contributed by atoms with Crippen molar-refractivity contribution in [1.29, 1.82) is 0 Å². The largest absolute Gasteiger partial charge is 0.341 e. The number of aryl methyl sites for hydroxylation is 1. The van der Waals surface area contributed by atoms with Gasteiger partial charge in [0.25, 0.3) is 0 Å². The van der Waals surface area contributed by atoms with Gasteiger partial charge in [0.2, 0.25) is 5.91 Å². The van der Waals surface area contributed by atoms with Gasteiger partial charge in [0.05, 0.1) is 12.1 Å². The summed E-state index contributed by atoms with van der Waals surface area (Å²) in [7, 11) is 0. The lowest BCUT2D eigenvalue weighted by Crippen LogP contribution is -2.36. The summed E-state index contributed by atoms with van der Waals surface area (Å²) in [4.78, 5) is 27.4. The number of pyridine rings is 1. The van der Waals surface area contributed by atoms with Crippen molar-refractivity contribution in [2.45, 2.75) is 26.3 Å². The smallest absolute Gasteiger partial charge is 0.228 e. The highest BCUT2D eigenvalue weighted by atomic mass is 32.1. The molecule has 5 nitrogen and oxygen atoms in total. The number of aromatic nitrogens is 2. The van der Waals surface area contributed by atoms with Crippen LogP contribution in [0.2, 0.25) is 0 Å². The first-order chi connectivity index (χ1) is 14.2. The van der Waals surface area contributed by atoms with Crippen molar-refractivity contribution in [2.75, 3.05) is 26.2 Å². The van der Waals surface area contributed by atoms with Gasteiger partial charge in [-0.3, -0.25) is 14.7 Å². The topological polar surface area (TPSA) is 49.3 Å². The maximum Gasteiger partial charge on any atom is 0.228 e. The normalized spacial score (nSPS) is 15.3. The lowest BCUT2D eigenvalue weighted by Gasteiger charge is -2.22. The van der Waals surface area contributed by atoms with Gasteiger partial charge in [0, 0.05) is 55.6 Å². The van der Waals surface area contributed by atoms with E-state index >= 15 is 0 Å². The molecule has 0 bridgehead atoms. The number of carbonyl (C=O) groups excluding carboxylic acids is 1. The molecule has 4 rings (SSSR count). The van der Waals surface area contributed by atoms with E-state index in [0.717, 1.165) is 60.3 Å². The Morgan fingerprint density at radius 1 is 1.07 bits per heavy atom. The maximum atomic E-state index is 12.9. The van der Waals surface area contributed by atoms with Crippen LogP contribution in [0, 0.1) is 6.92 Å². The molecule has 1 aliphatic heterocycles. The van der Waals surface area contributed by atoms with Crippen LogP contribution >= 0.6 is 11.3 Å². The quantitative estimate of drug-likeness (QED) is 0.647. The van der Waals surface area contributed by atoms with Gasteiger partial charge in [-0.25, -0.2) is 4.98 Å². The van der Waals surface area contributed by atoms with Gasteiger partial charge in [-0.1, -0.05) is 36.4 Å². The van der Waals surface area contributed by atoms with E-state index in [1.54, 1.807) is 17.5 Å². The van der Waals surface area contributed by atoms with E-state index < -0.39 is 0 Å². The average Bonchev–Trinajstić information content (AvgIpc) is 2.96. The second-order valence-corrected chi connectivity index (χ2v) is 8.64. The minimum Gasteiger partial charge on any atom is -0.341 e. The molecule has 0 radical (unpaired) electrons. The van der Waals surface area contributed by atoms with Crippen molar-refractivity contribution in [2.24, 2.45) is 0 Å². The number of amides is 1. The molecule has 0 aliphatic carbocycles. The number of carbonyl (C=O) groups is 1. The van der Waals surface area contributed by atoms with Crippen molar-refractivity contribution < 1.29 is 4.79 Å². The van der Waals surface area contributed by atoms with Gasteiger partial charge >= 0.3 is 0 Å². The minimum atomic E-state index is 0.182. The average molecular weight is 407 g/mol. The standard InChI is InChI=1S/C23H26N4OS/c1-18-21(25-23(29-18)20-8-3-2-4-9-20)15-22(28)27-12-6-11-26(13-14-27)17-19-7-5-10-24-16-19/h2-5,7-10,16H,6,11-15,17H2,1H3. The molecule has 1 fully saturated rings. The predicted molar refractivity (Wildman–Crippen MR) is 117 cm³/mol. The summed E-state index contributed by atoms with van der Waals surface area (Å²) >= 11 is 1.67. The van der Waals surface area contributed by atoms with E-state index in [1.807, 2.05) is 35.4 Å². The molecule has 1 amide bonds. The van der Waals surface area contributed by atoms with Gasteiger partial charge in [-0.2, -0.15) is 0 Å². The Morgan fingerprint density at radius 3 is 2.72 bits per heavy atom. The SMILES string of the molecule is Cc1sc(-c2ccccc2)nc1CC(=O)N1CCCN(Cc2cccnc2)CC1. The highest BCUT2D eigenvalue weighted by Crippen LogP contribution is 2.28. The first-order valence-electron chi connectivity index (χ1n) is 10.1. The number of benzene rings is 1. The summed E-state index contributed by atoms with van der Waals surface area (Å²) in [5.41, 5.74) is 3.24. The van der Waals surface area contributed by atoms with Crippen molar-refractivity contribution in [3.8, 4) is 10.6 Å². The lowest BCUT2D eigenvalue weighted by molar-refractivity contribution is -0.130. The van der Waals surface area contributed by atoms with E-state index in [2.05, 4.69) is 35.0 Å². The third kappa shape index (κ3) is 5.08. The van der Waals surface area contributed by atoms with Crippen molar-refractivity contribution in [1.82, 2.24) is 19.8 Å². The Hall–Kier alpha value is -2.57. The zero-order chi connectivity index (χ0) is 20.1. The predicted octanol–water partition coefficient (Wildman–Crippen LogP) is 3.79. The van der Waals surface area contributed by atoms with Gasteiger partial charge in [-0.05, 0) is 25.0 Å². The first-order valence-corrected chi connectivity index (χ1v) is 10.9. The zero-order valence-corrected chi connectivity index (χ0v) is 17.6. The van der Waals surface area contributed by atoms with Gasteiger partial charge in [0.15, 0.2) is 0 Å². The van der Waals surface area contributed by atoms with E-state index in [-0.39, 0.29) is 5.91 Å². The van der Waals surface area contributed by atoms with Crippen molar-refractivity contribution in [3.63, 3.8) is 0 Å². The molecule has 6 heteroatoms. The number of hydrogen-bond acceptors (Lipinski definition) is 5. The Morgan fingerprint density at radius 2 is 1.93 bits per heavy atom. The van der Waals surface area contributed by atoms with Crippen LogP contribution in [0.5, 0.6) is 0 Å². The van der Waals surface area contributed by atoms with Crippen LogP contribution in [0.15, 0.2) is 54.9 Å². The van der Waals surface area contributed by atoms with Crippen LogP contribution in [0.1, 0.15) is 22.6 Å². The third-order valence-electron chi connectivity index (χ3n) is 5.30. The highest BCUT2D eigenvalue weighted by Gasteiger charge is 2.21. The molecule has 1 saturated heterocycles. The molecule has 0 spiro atoms. The van der Waals surface area contributed by atoms with Gasteiger partial charge in [-0.15, -0.1) is 11.3 Å². The number of rotatable bonds is 5. The molecule has 2 aromatic heterocycles. The lowest BCUT2D eigenvalue weighted by atomic mass is 10.2. The number of hydrogen-bond donors (Lipinski definition) is 0. The second kappa shape index (κ2) is 9.29. The molecule has 3 heterocycles. The van der Waals surface area contributed by atoms with E-state index in [1.165, 1.54) is 5.56 Å². The molecule has 1 aliphatic rings. The van der Waals surface area contributed by atoms with Crippen LogP contribution < -0.4 is 0 Å². The zero-order valence-electron chi connectivity index (χ0n) is 16.8. The van der Waals surface area contributed by atoms with Crippen LogP contribution in [-0.4, -0.2) is 51.9 Å². The highest BCUT2D eigenvalue weighted by molar-refractivity contribution is 7.15. The third-order valence-corrected chi connectivity index (χ3v) is 6.36. The van der Waals surface area contributed by atoms with Crippen LogP contribution in [0.3, 0.4) is 0 Å². The van der Waals surface area contributed by atoms with Crippen molar-refractivity contribution >= 4 is 17.2 Å². The molecule has 29 heavy (non-hydrogen) atoms. The Labute approximate surface area is 176 Å². The summed E-state index contributed by atoms with van der Waals surface area (Å²) in [6.07, 6.45) is 5.11. The van der Waals surface area contributed by atoms with Crippen LogP contribution in [0.25, 0.3) is 10.6 Å². The molecular weight excluding hydrogens is 380 g/mol. The molecular formula is C23H26N4OS. The van der Waals surface area contributed by atoms with E-state index in [4.69, 9.17) is 4.98 Å². The fourth-order valence-electron chi connectivity index (χ4n) is 3.68. The molecule has 0 N–H and O–H groups in total. The maximum absolute atomic E-state index is 12.9. The summed E-state index contributed by atoms with van der Waals surface area (Å²) < 4.78 is 0. The van der Waals surface area contributed by atoms with Gasteiger partial charge < -0.3 is 4.90 Å². The number of nitrogens with zero attached hydrogens (tertiary/aromatic N) is 4. The summed E-state index contributed by atoms with van der Waals surface area (Å²) in [5, 5.41) is 0.990. The Kier molecular flexibility index (Phi) is 6.32. The van der Waals surface area contributed by atoms with E-state index in [0.29, 0.717) is 6.42 Å². The minimum absolute atomic E-state index is 0.182. The monoisotopic (exact) mass is 406 g/mol. The molecule has 1 aromatic carbocycles. The second-order valence-electron chi connectivity index (χ2n) is 7.44. The molecule has 0 saturated carbocycles. The fraction of sp³-hybridized carbons (Fsp3) is 0.348. The number of thiazole rings is 1. The first kappa shape index (κ1) is 19.7. The summed E-state index contributed by atoms with van der Waals surface area (Å²) in [6, 6.07) is 14.3. The van der Waals surface area contributed by atoms with Crippen LogP contribution in [0.4, 0.5) is 0 Å². The summed E-state index contributed by atoms with van der Waals surface area (Å²) in [6.45, 7) is 6.44. The Balaban J connectivity index is 1.36. The molecule has 0 atom stereocenters. The molecule has 150 valence electrons. The van der Waals surface area contributed by atoms with Crippen LogP contribution in [-0.2, 0) is 17.8 Å².